The molecule has 1 fully saturated rings. The van der Waals surface area contributed by atoms with Crippen LogP contribution < -0.4 is 0 Å². The van der Waals surface area contributed by atoms with Crippen LogP contribution in [-0.2, 0) is 9.22 Å². The minimum absolute atomic E-state index is 0.0891. The molecule has 0 unspecified atom stereocenters. The predicted octanol–water partition coefficient (Wildman–Crippen LogP) is 5.25. The second kappa shape index (κ2) is 5.34. The van der Waals surface area contributed by atoms with Gasteiger partial charge in [0, 0.05) is 18.3 Å². The van der Waals surface area contributed by atoms with Gasteiger partial charge in [0.1, 0.15) is 5.78 Å². The SMILES string of the molecule is CC1=C2CC[C@H](O[Si](C)(C)C(C)(C)C)[C@@]2(C)CCC(=O)C1. The number of Topliss-reactive ketones (excluding diaryl/α,β-unsaturated/α-hetero) is 1. The third-order valence-corrected chi connectivity index (χ3v) is 10.7. The number of carbonyl (C=O) groups is 1. The summed E-state index contributed by atoms with van der Waals surface area (Å²) in [5, 5.41) is 0.241. The van der Waals surface area contributed by atoms with E-state index < -0.39 is 8.32 Å². The number of carbonyl (C=O) groups excluding carboxylic acids is 1. The number of allylic oxidation sites excluding steroid dienone is 1. The van der Waals surface area contributed by atoms with Crippen LogP contribution in [0.1, 0.15) is 66.7 Å². The van der Waals surface area contributed by atoms with Gasteiger partial charge in [0.25, 0.3) is 0 Å². The minimum Gasteiger partial charge on any atom is -0.413 e. The Hall–Kier alpha value is -0.413. The fourth-order valence-electron chi connectivity index (χ4n) is 3.70. The third kappa shape index (κ3) is 3.05. The molecule has 0 radical (unpaired) electrons. The molecule has 3 heteroatoms. The quantitative estimate of drug-likeness (QED) is 0.514. The highest BCUT2D eigenvalue weighted by Gasteiger charge is 2.49. The molecule has 2 atom stereocenters. The highest BCUT2D eigenvalue weighted by molar-refractivity contribution is 6.74. The van der Waals surface area contributed by atoms with E-state index in [9.17, 15) is 4.79 Å². The maximum absolute atomic E-state index is 12.0. The van der Waals surface area contributed by atoms with Crippen LogP contribution in [-0.4, -0.2) is 20.2 Å². The molecular weight excluding hydrogens is 276 g/mol. The minimum atomic E-state index is -1.76. The predicted molar refractivity (Wildman–Crippen MR) is 91.0 cm³/mol. The van der Waals surface area contributed by atoms with Crippen LogP contribution in [0.2, 0.25) is 18.1 Å². The van der Waals surface area contributed by atoms with Gasteiger partial charge in [0.15, 0.2) is 8.32 Å². The van der Waals surface area contributed by atoms with E-state index in [1.807, 2.05) is 0 Å². The van der Waals surface area contributed by atoms with Gasteiger partial charge in [-0.25, -0.2) is 0 Å². The molecule has 0 heterocycles. The van der Waals surface area contributed by atoms with Crippen molar-refractivity contribution in [3.05, 3.63) is 11.1 Å². The zero-order chi connectivity index (χ0) is 16.1. The zero-order valence-electron chi connectivity index (χ0n) is 14.9. The topological polar surface area (TPSA) is 26.3 Å². The summed E-state index contributed by atoms with van der Waals surface area (Å²) in [5.41, 5.74) is 2.93. The molecule has 0 aromatic heterocycles. The Balaban J connectivity index is 2.28. The van der Waals surface area contributed by atoms with Gasteiger partial charge in [0.2, 0.25) is 0 Å². The van der Waals surface area contributed by atoms with Gasteiger partial charge in [-0.2, -0.15) is 0 Å². The van der Waals surface area contributed by atoms with Crippen molar-refractivity contribution in [1.82, 2.24) is 0 Å². The molecule has 2 rings (SSSR count). The molecule has 0 bridgehead atoms. The fraction of sp³-hybridized carbons (Fsp3) is 0.833. The van der Waals surface area contributed by atoms with Crippen LogP contribution in [0.3, 0.4) is 0 Å². The lowest BCUT2D eigenvalue weighted by Crippen LogP contribution is -2.47. The first-order chi connectivity index (χ1) is 9.47. The summed E-state index contributed by atoms with van der Waals surface area (Å²) < 4.78 is 6.77. The lowest BCUT2D eigenvalue weighted by atomic mass is 9.78. The lowest BCUT2D eigenvalue weighted by molar-refractivity contribution is -0.118. The van der Waals surface area contributed by atoms with E-state index in [1.54, 1.807) is 0 Å². The highest BCUT2D eigenvalue weighted by atomic mass is 28.4. The molecule has 1 saturated carbocycles. The van der Waals surface area contributed by atoms with E-state index >= 15 is 0 Å². The number of hydrogen-bond acceptors (Lipinski definition) is 2. The summed E-state index contributed by atoms with van der Waals surface area (Å²) in [6, 6.07) is 0. The Kier molecular flexibility index (Phi) is 4.31. The van der Waals surface area contributed by atoms with Crippen molar-refractivity contribution in [2.45, 2.75) is 91.0 Å². The summed E-state index contributed by atoms with van der Waals surface area (Å²) in [6.45, 7) is 16.1. The van der Waals surface area contributed by atoms with Crippen molar-refractivity contribution in [1.29, 1.82) is 0 Å². The van der Waals surface area contributed by atoms with Crippen LogP contribution in [0.25, 0.3) is 0 Å². The Bertz CT molecular complexity index is 470. The Morgan fingerprint density at radius 1 is 1.24 bits per heavy atom. The van der Waals surface area contributed by atoms with Gasteiger partial charge >= 0.3 is 0 Å². The standard InChI is InChI=1S/C18H32O2Si/c1-13-12-14(19)10-11-18(5)15(13)8-9-16(18)20-21(6,7)17(2,3)4/h16H,8-12H2,1-7H3/t16-,18-/m0/s1. The van der Waals surface area contributed by atoms with Crippen molar-refractivity contribution < 1.29 is 9.22 Å². The van der Waals surface area contributed by atoms with E-state index in [1.165, 1.54) is 11.1 Å². The molecule has 0 saturated heterocycles. The van der Waals surface area contributed by atoms with Crippen LogP contribution in [0, 0.1) is 5.41 Å². The van der Waals surface area contributed by atoms with Gasteiger partial charge in [-0.1, -0.05) is 38.8 Å². The molecule has 0 aromatic carbocycles. The smallest absolute Gasteiger partial charge is 0.192 e. The van der Waals surface area contributed by atoms with Gasteiger partial charge in [0.05, 0.1) is 6.10 Å². The van der Waals surface area contributed by atoms with Crippen LogP contribution in [0.5, 0.6) is 0 Å². The molecule has 0 spiro atoms. The number of rotatable bonds is 2. The van der Waals surface area contributed by atoms with E-state index in [-0.39, 0.29) is 10.5 Å². The largest absolute Gasteiger partial charge is 0.413 e. The summed E-state index contributed by atoms with van der Waals surface area (Å²) >= 11 is 0. The summed E-state index contributed by atoms with van der Waals surface area (Å²) in [4.78, 5) is 12.0. The Labute approximate surface area is 131 Å². The molecule has 21 heavy (non-hydrogen) atoms. The lowest BCUT2D eigenvalue weighted by Gasteiger charge is -2.43. The van der Waals surface area contributed by atoms with E-state index in [0.717, 1.165) is 19.3 Å². The van der Waals surface area contributed by atoms with Crippen LogP contribution in [0.15, 0.2) is 11.1 Å². The summed E-state index contributed by atoms with van der Waals surface area (Å²) in [6.07, 6.45) is 4.90. The highest BCUT2D eigenvalue weighted by Crippen LogP contribution is 2.53. The van der Waals surface area contributed by atoms with Crippen molar-refractivity contribution in [2.75, 3.05) is 0 Å². The first-order valence-corrected chi connectivity index (χ1v) is 11.3. The monoisotopic (exact) mass is 308 g/mol. The zero-order valence-corrected chi connectivity index (χ0v) is 15.9. The average Bonchev–Trinajstić information content (AvgIpc) is 2.57. The summed E-state index contributed by atoms with van der Waals surface area (Å²) in [5.74, 6) is 0.404. The molecular formula is C18H32O2Si. The molecule has 0 aliphatic heterocycles. The van der Waals surface area contributed by atoms with Crippen molar-refractivity contribution >= 4 is 14.1 Å². The number of ketones is 1. The van der Waals surface area contributed by atoms with E-state index in [2.05, 4.69) is 47.7 Å². The molecule has 0 N–H and O–H groups in total. The Morgan fingerprint density at radius 3 is 2.43 bits per heavy atom. The molecule has 2 aliphatic rings. The second-order valence-corrected chi connectivity index (χ2v) is 13.6. The molecule has 2 aliphatic carbocycles. The number of hydrogen-bond donors (Lipinski definition) is 0. The van der Waals surface area contributed by atoms with Gasteiger partial charge in [-0.15, -0.1) is 0 Å². The van der Waals surface area contributed by atoms with Crippen LogP contribution in [0.4, 0.5) is 0 Å². The Morgan fingerprint density at radius 2 is 1.86 bits per heavy atom. The third-order valence-electron chi connectivity index (χ3n) is 6.20. The first-order valence-electron chi connectivity index (χ1n) is 8.36. The maximum Gasteiger partial charge on any atom is 0.192 e. The normalized spacial score (nSPS) is 31.4. The maximum atomic E-state index is 12.0. The van der Waals surface area contributed by atoms with Crippen molar-refractivity contribution in [3.8, 4) is 0 Å². The molecule has 0 amide bonds. The number of fused-ring (bicyclic) bond motifs is 1. The first kappa shape index (κ1) is 16.9. The van der Waals surface area contributed by atoms with Gasteiger partial charge in [-0.05, 0) is 44.3 Å². The molecule has 0 aromatic rings. The molecule has 120 valence electrons. The van der Waals surface area contributed by atoms with Crippen LogP contribution >= 0.6 is 0 Å². The molecule has 2 nitrogen and oxygen atoms in total. The van der Waals surface area contributed by atoms with E-state index in [4.69, 9.17) is 4.43 Å². The van der Waals surface area contributed by atoms with Gasteiger partial charge < -0.3 is 4.43 Å². The van der Waals surface area contributed by atoms with Gasteiger partial charge in [-0.3, -0.25) is 4.79 Å². The van der Waals surface area contributed by atoms with E-state index in [0.29, 0.717) is 24.7 Å². The van der Waals surface area contributed by atoms with Crippen molar-refractivity contribution in [2.24, 2.45) is 5.41 Å². The fourth-order valence-corrected chi connectivity index (χ4v) is 5.14. The summed E-state index contributed by atoms with van der Waals surface area (Å²) in [7, 11) is -1.76. The second-order valence-electron chi connectivity index (χ2n) is 8.80. The van der Waals surface area contributed by atoms with Crippen molar-refractivity contribution in [3.63, 3.8) is 0 Å². The average molecular weight is 309 g/mol.